The third-order valence-electron chi connectivity index (χ3n) is 7.25. The lowest BCUT2D eigenvalue weighted by Crippen LogP contribution is -2.44. The van der Waals surface area contributed by atoms with Gasteiger partial charge in [-0.3, -0.25) is 9.69 Å². The molecule has 0 aromatic heterocycles. The molecule has 1 heterocycles. The van der Waals surface area contributed by atoms with Gasteiger partial charge in [0.2, 0.25) is 5.91 Å². The number of unbranched alkanes of at least 4 members (excludes halogenated alkanes) is 1. The van der Waals surface area contributed by atoms with Gasteiger partial charge < -0.3 is 10.1 Å². The van der Waals surface area contributed by atoms with Crippen LogP contribution in [0.2, 0.25) is 10.0 Å². The molecule has 0 spiro atoms. The van der Waals surface area contributed by atoms with Crippen LogP contribution in [0.5, 0.6) is 5.75 Å². The zero-order valence-electron chi connectivity index (χ0n) is 22.3. The molecule has 0 saturated carbocycles. The van der Waals surface area contributed by atoms with Gasteiger partial charge >= 0.3 is 0 Å². The van der Waals surface area contributed by atoms with Gasteiger partial charge in [0.25, 0.3) is 0 Å². The number of aryl methyl sites for hydroxylation is 1. The molecular weight excluding hydrogens is 515 g/mol. The number of ether oxygens (including phenoxy) is 1. The summed E-state index contributed by atoms with van der Waals surface area (Å²) < 4.78 is 6.51. The van der Waals surface area contributed by atoms with Gasteiger partial charge in [-0.25, -0.2) is 0 Å². The number of piperidine rings is 1. The maximum atomic E-state index is 12.1. The van der Waals surface area contributed by atoms with E-state index in [-0.39, 0.29) is 18.1 Å². The summed E-state index contributed by atoms with van der Waals surface area (Å²) in [5.74, 6) is 1.34. The maximum Gasteiger partial charge on any atom is 0.226 e. The number of carbonyl (C=O) groups excluding carboxylic acids is 1. The monoisotopic (exact) mass is 552 g/mol. The van der Waals surface area contributed by atoms with E-state index in [1.54, 1.807) is 0 Å². The number of rotatable bonds is 11. The van der Waals surface area contributed by atoms with Gasteiger partial charge in [-0.1, -0.05) is 61.3 Å². The minimum atomic E-state index is -0.0364. The van der Waals surface area contributed by atoms with Crippen molar-refractivity contribution in [3.63, 3.8) is 0 Å². The van der Waals surface area contributed by atoms with Gasteiger partial charge in [0.1, 0.15) is 5.75 Å². The molecule has 0 aliphatic carbocycles. The average Bonchev–Trinajstić information content (AvgIpc) is 2.92. The highest BCUT2D eigenvalue weighted by atomic mass is 35.5. The molecule has 1 amide bonds. The van der Waals surface area contributed by atoms with Crippen molar-refractivity contribution < 1.29 is 9.53 Å². The number of anilines is 1. The second kappa shape index (κ2) is 14.0. The molecule has 1 atom stereocenters. The van der Waals surface area contributed by atoms with Gasteiger partial charge in [-0.2, -0.15) is 0 Å². The highest BCUT2D eigenvalue weighted by Crippen LogP contribution is 2.32. The molecule has 1 N–H and O–H groups in total. The van der Waals surface area contributed by atoms with Gasteiger partial charge in [0, 0.05) is 34.7 Å². The molecule has 0 bridgehead atoms. The van der Waals surface area contributed by atoms with Crippen LogP contribution in [0.25, 0.3) is 0 Å². The second-order valence-corrected chi connectivity index (χ2v) is 11.4. The van der Waals surface area contributed by atoms with Crippen LogP contribution in [0.4, 0.5) is 5.69 Å². The molecule has 6 heteroatoms. The normalized spacial score (nSPS) is 15.4. The summed E-state index contributed by atoms with van der Waals surface area (Å²) in [7, 11) is 0. The topological polar surface area (TPSA) is 41.6 Å². The van der Waals surface area contributed by atoms with Crippen molar-refractivity contribution in [3.05, 3.63) is 94.0 Å². The van der Waals surface area contributed by atoms with E-state index in [9.17, 15) is 4.79 Å². The first kappa shape index (κ1) is 28.5. The maximum absolute atomic E-state index is 12.1. The predicted molar refractivity (Wildman–Crippen MR) is 158 cm³/mol. The molecule has 38 heavy (non-hydrogen) atoms. The summed E-state index contributed by atoms with van der Waals surface area (Å²) in [4.78, 5) is 14.6. The minimum Gasteiger partial charge on any atom is -0.475 e. The SMILES string of the molecule is CC(C)C(=O)Nc1cccc(C2CCN(C(CCCCc3ccc(Cl)cc3)Oc3ccc(Cl)cc3)CC2)c1. The minimum absolute atomic E-state index is 0.0269. The van der Waals surface area contributed by atoms with E-state index in [1.165, 1.54) is 11.1 Å². The highest BCUT2D eigenvalue weighted by Gasteiger charge is 2.27. The summed E-state index contributed by atoms with van der Waals surface area (Å²) in [6, 6.07) is 24.1. The lowest BCUT2D eigenvalue weighted by atomic mass is 9.89. The van der Waals surface area contributed by atoms with Crippen LogP contribution in [0.15, 0.2) is 72.8 Å². The molecule has 1 aliphatic rings. The molecule has 0 radical (unpaired) electrons. The molecule has 1 aliphatic heterocycles. The third-order valence-corrected chi connectivity index (χ3v) is 7.76. The van der Waals surface area contributed by atoms with Crippen molar-refractivity contribution in [3.8, 4) is 5.75 Å². The third kappa shape index (κ3) is 8.49. The van der Waals surface area contributed by atoms with Crippen LogP contribution in [-0.4, -0.2) is 30.1 Å². The molecule has 4 rings (SSSR count). The Balaban J connectivity index is 1.35. The van der Waals surface area contributed by atoms with Gasteiger partial charge in [0.15, 0.2) is 6.23 Å². The van der Waals surface area contributed by atoms with Crippen LogP contribution in [0.3, 0.4) is 0 Å². The van der Waals surface area contributed by atoms with Gasteiger partial charge in [-0.15, -0.1) is 0 Å². The Bertz CT molecular complexity index is 1160. The number of nitrogens with one attached hydrogen (secondary N) is 1. The van der Waals surface area contributed by atoms with Crippen molar-refractivity contribution in [1.29, 1.82) is 0 Å². The molecule has 1 fully saturated rings. The van der Waals surface area contributed by atoms with Gasteiger partial charge in [0.05, 0.1) is 0 Å². The molecule has 4 nitrogen and oxygen atoms in total. The largest absolute Gasteiger partial charge is 0.475 e. The predicted octanol–water partition coefficient (Wildman–Crippen LogP) is 8.59. The van der Waals surface area contributed by atoms with E-state index in [0.29, 0.717) is 10.9 Å². The van der Waals surface area contributed by atoms with Crippen LogP contribution in [0.1, 0.15) is 63.0 Å². The van der Waals surface area contributed by atoms with Crippen LogP contribution in [0, 0.1) is 5.92 Å². The Morgan fingerprint density at radius 2 is 1.61 bits per heavy atom. The van der Waals surface area contributed by atoms with Crippen molar-refractivity contribution in [2.45, 2.75) is 64.5 Å². The summed E-state index contributed by atoms with van der Waals surface area (Å²) >= 11 is 12.1. The highest BCUT2D eigenvalue weighted by molar-refractivity contribution is 6.30. The summed E-state index contributed by atoms with van der Waals surface area (Å²) in [5, 5.41) is 4.53. The zero-order chi connectivity index (χ0) is 26.9. The van der Waals surface area contributed by atoms with Crippen molar-refractivity contribution >= 4 is 34.8 Å². The Morgan fingerprint density at radius 1 is 0.947 bits per heavy atom. The summed E-state index contributed by atoms with van der Waals surface area (Å²) in [5.41, 5.74) is 3.50. The van der Waals surface area contributed by atoms with E-state index in [4.69, 9.17) is 27.9 Å². The van der Waals surface area contributed by atoms with E-state index in [1.807, 2.05) is 62.4 Å². The Morgan fingerprint density at radius 3 is 2.26 bits per heavy atom. The van der Waals surface area contributed by atoms with E-state index in [2.05, 4.69) is 34.5 Å². The lowest BCUT2D eigenvalue weighted by Gasteiger charge is -2.37. The molecule has 1 saturated heterocycles. The van der Waals surface area contributed by atoms with Crippen molar-refractivity contribution in [2.24, 2.45) is 5.92 Å². The average molecular weight is 554 g/mol. The Labute approximate surface area is 237 Å². The Hall–Kier alpha value is -2.53. The number of nitrogens with zero attached hydrogens (tertiary/aromatic N) is 1. The fourth-order valence-corrected chi connectivity index (χ4v) is 5.22. The first-order chi connectivity index (χ1) is 18.4. The molecule has 3 aromatic rings. The fourth-order valence-electron chi connectivity index (χ4n) is 4.96. The van der Waals surface area contributed by atoms with Crippen LogP contribution < -0.4 is 10.1 Å². The molecule has 1 unspecified atom stereocenters. The zero-order valence-corrected chi connectivity index (χ0v) is 23.8. The van der Waals surface area contributed by atoms with Crippen molar-refractivity contribution in [1.82, 2.24) is 4.90 Å². The van der Waals surface area contributed by atoms with E-state index >= 15 is 0 Å². The lowest BCUT2D eigenvalue weighted by molar-refractivity contribution is -0.118. The number of hydrogen-bond donors (Lipinski definition) is 1. The first-order valence-corrected chi connectivity index (χ1v) is 14.4. The van der Waals surface area contributed by atoms with E-state index in [0.717, 1.165) is 68.1 Å². The van der Waals surface area contributed by atoms with Gasteiger partial charge in [-0.05, 0) is 104 Å². The van der Waals surface area contributed by atoms with Crippen molar-refractivity contribution in [2.75, 3.05) is 18.4 Å². The van der Waals surface area contributed by atoms with Crippen LogP contribution in [-0.2, 0) is 11.2 Å². The number of benzene rings is 3. The number of hydrogen-bond acceptors (Lipinski definition) is 3. The molecule has 3 aromatic carbocycles. The Kier molecular flexibility index (Phi) is 10.5. The van der Waals surface area contributed by atoms with E-state index < -0.39 is 0 Å². The number of likely N-dealkylation sites (tertiary alicyclic amines) is 1. The summed E-state index contributed by atoms with van der Waals surface area (Å²) in [6.07, 6.45) is 6.35. The molecular formula is C32H38Cl2N2O2. The number of carbonyl (C=O) groups is 1. The quantitative estimate of drug-likeness (QED) is 0.242. The summed E-state index contributed by atoms with van der Waals surface area (Å²) in [6.45, 7) is 5.77. The smallest absolute Gasteiger partial charge is 0.226 e. The molecule has 202 valence electrons. The second-order valence-electron chi connectivity index (χ2n) is 10.5. The first-order valence-electron chi connectivity index (χ1n) is 13.7. The standard InChI is InChI=1S/C32H38Cl2N2O2/c1-23(2)32(37)35-29-8-5-7-26(22-29)25-18-20-36(21-19-25)31(38-30-16-14-28(34)15-17-30)9-4-3-6-24-10-12-27(33)13-11-24/h5,7-8,10-17,22-23,25,31H,3-4,6,9,18-21H2,1-2H3,(H,35,37). The fraction of sp³-hybridized carbons (Fsp3) is 0.406. The number of halogens is 2. The number of amides is 1. The van der Waals surface area contributed by atoms with Crippen LogP contribution >= 0.6 is 23.2 Å².